The van der Waals surface area contributed by atoms with Crippen LogP contribution in [0.3, 0.4) is 0 Å². The molecular formula is C48H32N2. The van der Waals surface area contributed by atoms with Gasteiger partial charge in [-0.25, -0.2) is 0 Å². The highest BCUT2D eigenvalue weighted by Gasteiger charge is 2.21. The largest absolute Gasteiger partial charge is 0.309 e. The smallest absolute Gasteiger partial charge is 0.0620 e. The average molecular weight is 637 g/mol. The molecule has 2 heteroatoms. The van der Waals surface area contributed by atoms with E-state index in [9.17, 15) is 0 Å². The van der Waals surface area contributed by atoms with Crippen molar-refractivity contribution in [3.8, 4) is 44.8 Å². The second-order valence-corrected chi connectivity index (χ2v) is 12.9. The maximum absolute atomic E-state index is 2.47. The van der Waals surface area contributed by atoms with Crippen molar-refractivity contribution in [2.24, 2.45) is 0 Å². The maximum Gasteiger partial charge on any atom is 0.0620 e. The van der Waals surface area contributed by atoms with Crippen LogP contribution in [0.5, 0.6) is 0 Å². The second-order valence-electron chi connectivity index (χ2n) is 12.9. The molecule has 0 aliphatic carbocycles. The van der Waals surface area contributed by atoms with Crippen LogP contribution in [-0.4, -0.2) is 9.13 Å². The normalized spacial score (nSPS) is 11.6. The molecule has 0 saturated carbocycles. The summed E-state index contributed by atoms with van der Waals surface area (Å²) in [6.45, 7) is 0. The number of rotatable bonds is 5. The Morgan fingerprint density at radius 3 is 1.26 bits per heavy atom. The lowest BCUT2D eigenvalue weighted by Gasteiger charge is -2.16. The van der Waals surface area contributed by atoms with E-state index in [0.717, 1.165) is 11.4 Å². The third-order valence-corrected chi connectivity index (χ3v) is 10.1. The zero-order chi connectivity index (χ0) is 33.0. The molecule has 2 aromatic heterocycles. The fourth-order valence-corrected chi connectivity index (χ4v) is 7.90. The maximum atomic E-state index is 2.47. The van der Waals surface area contributed by atoms with Crippen LogP contribution in [-0.2, 0) is 0 Å². The minimum atomic E-state index is 1.15. The molecule has 0 unspecified atom stereocenters. The van der Waals surface area contributed by atoms with E-state index in [1.54, 1.807) is 0 Å². The van der Waals surface area contributed by atoms with Crippen LogP contribution in [0.2, 0.25) is 0 Å². The summed E-state index contributed by atoms with van der Waals surface area (Å²) in [5.74, 6) is 0. The first kappa shape index (κ1) is 28.4. The van der Waals surface area contributed by atoms with Crippen molar-refractivity contribution in [1.82, 2.24) is 9.13 Å². The van der Waals surface area contributed by atoms with Crippen molar-refractivity contribution < 1.29 is 0 Å². The molecule has 8 aromatic carbocycles. The van der Waals surface area contributed by atoms with Gasteiger partial charge in [-0.15, -0.1) is 0 Å². The van der Waals surface area contributed by atoms with Crippen molar-refractivity contribution in [3.05, 3.63) is 194 Å². The number of fused-ring (bicyclic) bond motifs is 6. The average Bonchev–Trinajstić information content (AvgIpc) is 3.72. The van der Waals surface area contributed by atoms with Gasteiger partial charge in [0.1, 0.15) is 0 Å². The van der Waals surface area contributed by atoms with E-state index in [2.05, 4.69) is 203 Å². The predicted molar refractivity (Wildman–Crippen MR) is 211 cm³/mol. The lowest BCUT2D eigenvalue weighted by Crippen LogP contribution is -1.98. The summed E-state index contributed by atoms with van der Waals surface area (Å²) in [5.41, 5.74) is 14.4. The molecule has 10 rings (SSSR count). The summed E-state index contributed by atoms with van der Waals surface area (Å²) in [5, 5.41) is 4.99. The van der Waals surface area contributed by atoms with Gasteiger partial charge >= 0.3 is 0 Å². The van der Waals surface area contributed by atoms with Crippen LogP contribution in [0.1, 0.15) is 0 Å². The molecule has 0 amide bonds. The van der Waals surface area contributed by atoms with E-state index >= 15 is 0 Å². The Bertz CT molecular complexity index is 2840. The van der Waals surface area contributed by atoms with Gasteiger partial charge in [0.25, 0.3) is 0 Å². The van der Waals surface area contributed by atoms with Gasteiger partial charge in [0.2, 0.25) is 0 Å². The lowest BCUT2D eigenvalue weighted by molar-refractivity contribution is 1.17. The molecule has 0 saturated heterocycles. The van der Waals surface area contributed by atoms with E-state index in [4.69, 9.17) is 0 Å². The third kappa shape index (κ3) is 4.43. The van der Waals surface area contributed by atoms with Crippen molar-refractivity contribution in [1.29, 1.82) is 0 Å². The molecule has 0 spiro atoms. The lowest BCUT2D eigenvalue weighted by atomic mass is 9.99. The first-order valence-corrected chi connectivity index (χ1v) is 17.2. The van der Waals surface area contributed by atoms with Gasteiger partial charge in [-0.3, -0.25) is 0 Å². The van der Waals surface area contributed by atoms with Gasteiger partial charge in [0.15, 0.2) is 0 Å². The van der Waals surface area contributed by atoms with Gasteiger partial charge in [-0.2, -0.15) is 0 Å². The van der Waals surface area contributed by atoms with E-state index < -0.39 is 0 Å². The number of nitrogens with zero attached hydrogens (tertiary/aromatic N) is 2. The molecule has 0 atom stereocenters. The van der Waals surface area contributed by atoms with E-state index in [1.807, 2.05) is 0 Å². The minimum Gasteiger partial charge on any atom is -0.309 e. The Labute approximate surface area is 290 Å². The number of benzene rings is 8. The fraction of sp³-hybridized carbons (Fsp3) is 0. The highest BCUT2D eigenvalue weighted by Crippen LogP contribution is 2.43. The molecule has 0 fully saturated rings. The summed E-state index contributed by atoms with van der Waals surface area (Å²) in [6.07, 6.45) is 0. The standard InChI is InChI=1S/C48H32N2/c1-3-14-33(15-4-1)35-28-30-37(31-29-35)49-45-26-9-7-20-39(45)41-22-12-24-43(47(41)49)44-25-13-23-42-40-21-8-10-27-46(40)50(48(42)44)38-19-11-18-36(32-38)34-16-5-2-6-17-34/h1-32H. The van der Waals surface area contributed by atoms with E-state index in [-0.39, 0.29) is 0 Å². The molecule has 234 valence electrons. The summed E-state index contributed by atoms with van der Waals surface area (Å²) in [4.78, 5) is 0. The number of aromatic nitrogens is 2. The molecule has 50 heavy (non-hydrogen) atoms. The number of hydrogen-bond acceptors (Lipinski definition) is 0. The van der Waals surface area contributed by atoms with Gasteiger partial charge in [0, 0.05) is 44.0 Å². The van der Waals surface area contributed by atoms with E-state index in [1.165, 1.54) is 77.0 Å². The molecule has 10 aromatic rings. The number of hydrogen-bond donors (Lipinski definition) is 0. The quantitative estimate of drug-likeness (QED) is 0.178. The predicted octanol–water partition coefficient (Wildman–Crippen LogP) is 12.9. The molecule has 0 bridgehead atoms. The monoisotopic (exact) mass is 636 g/mol. The molecule has 0 aliphatic heterocycles. The highest BCUT2D eigenvalue weighted by atomic mass is 15.0. The molecule has 0 aliphatic rings. The first-order valence-electron chi connectivity index (χ1n) is 17.2. The first-order chi connectivity index (χ1) is 24.8. The van der Waals surface area contributed by atoms with Crippen LogP contribution < -0.4 is 0 Å². The summed E-state index contributed by atoms with van der Waals surface area (Å²) in [6, 6.07) is 70.4. The molecule has 2 heterocycles. The Morgan fingerprint density at radius 1 is 0.260 bits per heavy atom. The van der Waals surface area contributed by atoms with Crippen molar-refractivity contribution in [2.75, 3.05) is 0 Å². The molecule has 0 radical (unpaired) electrons. The summed E-state index contributed by atoms with van der Waals surface area (Å²) in [7, 11) is 0. The Kier molecular flexibility index (Phi) is 6.53. The zero-order valence-corrected chi connectivity index (χ0v) is 27.4. The van der Waals surface area contributed by atoms with Gasteiger partial charge in [0.05, 0.1) is 22.1 Å². The van der Waals surface area contributed by atoms with Crippen LogP contribution in [0, 0.1) is 0 Å². The molecule has 0 N–H and O–H groups in total. The Balaban J connectivity index is 1.27. The highest BCUT2D eigenvalue weighted by molar-refractivity contribution is 6.19. The minimum absolute atomic E-state index is 1.15. The van der Waals surface area contributed by atoms with Crippen LogP contribution >= 0.6 is 0 Å². The summed E-state index contributed by atoms with van der Waals surface area (Å²) >= 11 is 0. The zero-order valence-electron chi connectivity index (χ0n) is 27.4. The van der Waals surface area contributed by atoms with Crippen molar-refractivity contribution >= 4 is 43.6 Å². The van der Waals surface area contributed by atoms with Crippen molar-refractivity contribution in [3.63, 3.8) is 0 Å². The van der Waals surface area contributed by atoms with Crippen LogP contribution in [0.15, 0.2) is 194 Å². The van der Waals surface area contributed by atoms with Gasteiger partial charge in [-0.1, -0.05) is 158 Å². The van der Waals surface area contributed by atoms with E-state index in [0.29, 0.717) is 0 Å². The Hall–Kier alpha value is -6.64. The Morgan fingerprint density at radius 2 is 0.680 bits per heavy atom. The molecular weight excluding hydrogens is 605 g/mol. The number of para-hydroxylation sites is 4. The SMILES string of the molecule is c1ccc(-c2ccc(-n3c4ccccc4c4cccc(-c5cccc6c7ccccc7n(-c7cccc(-c8ccccc8)c7)c56)c43)cc2)cc1. The van der Waals surface area contributed by atoms with Crippen LogP contribution in [0.25, 0.3) is 88.4 Å². The van der Waals surface area contributed by atoms with Crippen molar-refractivity contribution in [2.45, 2.75) is 0 Å². The summed E-state index contributed by atoms with van der Waals surface area (Å²) < 4.78 is 4.92. The topological polar surface area (TPSA) is 9.86 Å². The third-order valence-electron chi connectivity index (χ3n) is 10.1. The van der Waals surface area contributed by atoms with Crippen LogP contribution in [0.4, 0.5) is 0 Å². The van der Waals surface area contributed by atoms with Gasteiger partial charge in [-0.05, 0) is 58.7 Å². The second kappa shape index (κ2) is 11.5. The van der Waals surface area contributed by atoms with Gasteiger partial charge < -0.3 is 9.13 Å². The fourth-order valence-electron chi connectivity index (χ4n) is 7.90. The molecule has 2 nitrogen and oxygen atoms in total.